The fourth-order valence-corrected chi connectivity index (χ4v) is 2.39. The third-order valence-electron chi connectivity index (χ3n) is 3.59. The first kappa shape index (κ1) is 13.9. The highest BCUT2D eigenvalue weighted by atomic mass is 17.0. The van der Waals surface area contributed by atoms with Gasteiger partial charge in [-0.05, 0) is 55.0 Å². The molecule has 3 rings (SSSR count). The van der Waals surface area contributed by atoms with Crippen LogP contribution in [0, 0.1) is 17.0 Å². The first-order chi connectivity index (χ1) is 10.1. The Kier molecular flexibility index (Phi) is 3.79. The summed E-state index contributed by atoms with van der Waals surface area (Å²) in [5.74, 6) is 0.614. The predicted octanol–water partition coefficient (Wildman–Crippen LogP) is 2.91. The molecule has 0 atom stereocenters. The smallest absolute Gasteiger partial charge is 0.299 e. The third kappa shape index (κ3) is 3.33. The highest BCUT2D eigenvalue weighted by Crippen LogP contribution is 2.38. The van der Waals surface area contributed by atoms with E-state index in [1.54, 1.807) is 6.07 Å². The molecule has 1 aromatic rings. The Morgan fingerprint density at radius 3 is 2.76 bits per heavy atom. The van der Waals surface area contributed by atoms with E-state index in [4.69, 9.17) is 9.47 Å². The zero-order valence-electron chi connectivity index (χ0n) is 11.8. The Bertz CT molecular complexity index is 592. The lowest BCUT2D eigenvalue weighted by atomic mass is 9.96. The van der Waals surface area contributed by atoms with E-state index in [0.717, 1.165) is 30.4 Å². The summed E-state index contributed by atoms with van der Waals surface area (Å²) in [4.78, 5) is 15.3. The van der Waals surface area contributed by atoms with Crippen LogP contribution in [0.15, 0.2) is 18.2 Å². The maximum Gasteiger partial charge on any atom is 0.299 e. The van der Waals surface area contributed by atoms with E-state index in [9.17, 15) is 10.1 Å². The minimum atomic E-state index is -0.804. The molecule has 1 saturated carbocycles. The van der Waals surface area contributed by atoms with Gasteiger partial charge in [-0.15, -0.1) is 10.1 Å². The zero-order valence-corrected chi connectivity index (χ0v) is 11.8. The van der Waals surface area contributed by atoms with E-state index in [2.05, 4.69) is 4.84 Å². The molecule has 6 heteroatoms. The molecule has 0 aromatic heterocycles. The summed E-state index contributed by atoms with van der Waals surface area (Å²) in [7, 11) is 0. The Hall–Kier alpha value is -2.08. The molecule has 2 aliphatic rings. The van der Waals surface area contributed by atoms with Crippen molar-refractivity contribution in [2.75, 3.05) is 13.2 Å². The van der Waals surface area contributed by atoms with Crippen molar-refractivity contribution in [1.82, 2.24) is 0 Å². The molecule has 1 aliphatic heterocycles. The second-order valence-electron chi connectivity index (χ2n) is 5.30. The molecule has 112 valence electrons. The number of aryl methyl sites for hydroxylation is 1. The van der Waals surface area contributed by atoms with Crippen molar-refractivity contribution in [3.8, 4) is 11.5 Å². The van der Waals surface area contributed by atoms with Crippen molar-refractivity contribution in [2.24, 2.45) is 0 Å². The van der Waals surface area contributed by atoms with Gasteiger partial charge in [0.1, 0.15) is 5.75 Å². The third-order valence-corrected chi connectivity index (χ3v) is 3.59. The first-order valence-electron chi connectivity index (χ1n) is 7.04. The maximum absolute atomic E-state index is 10.6. The van der Waals surface area contributed by atoms with Gasteiger partial charge in [-0.2, -0.15) is 0 Å². The average Bonchev–Trinajstić information content (AvgIpc) is 3.26. The molecule has 0 spiro atoms. The van der Waals surface area contributed by atoms with Crippen molar-refractivity contribution >= 4 is 5.57 Å². The number of nitrogens with zero attached hydrogens (tertiary/aromatic N) is 1. The molecular formula is C15H17NO5. The van der Waals surface area contributed by atoms with Crippen molar-refractivity contribution in [3.63, 3.8) is 0 Å². The van der Waals surface area contributed by atoms with Gasteiger partial charge in [0.05, 0.1) is 19.3 Å². The maximum atomic E-state index is 10.6. The zero-order chi connectivity index (χ0) is 14.8. The van der Waals surface area contributed by atoms with E-state index in [1.807, 2.05) is 19.1 Å². The van der Waals surface area contributed by atoms with Crippen molar-refractivity contribution in [1.29, 1.82) is 0 Å². The highest BCUT2D eigenvalue weighted by Gasteiger charge is 2.26. The molecule has 6 nitrogen and oxygen atoms in total. The van der Waals surface area contributed by atoms with Gasteiger partial charge >= 0.3 is 0 Å². The number of ether oxygens (including phenoxy) is 2. The topological polar surface area (TPSA) is 70.8 Å². The summed E-state index contributed by atoms with van der Waals surface area (Å²) in [6, 6.07) is 3.52. The van der Waals surface area contributed by atoms with E-state index < -0.39 is 5.09 Å². The second-order valence-corrected chi connectivity index (χ2v) is 5.30. The van der Waals surface area contributed by atoms with Crippen LogP contribution in [0.1, 0.15) is 30.4 Å². The van der Waals surface area contributed by atoms with Gasteiger partial charge in [0.25, 0.3) is 5.09 Å². The Morgan fingerprint density at radius 1 is 1.33 bits per heavy atom. The molecule has 0 saturated heterocycles. The minimum absolute atomic E-state index is 0.151. The van der Waals surface area contributed by atoms with Crippen LogP contribution in [0.25, 0.3) is 5.57 Å². The fraction of sp³-hybridized carbons (Fsp3) is 0.467. The summed E-state index contributed by atoms with van der Waals surface area (Å²) in [6.07, 6.45) is 4.99. The van der Waals surface area contributed by atoms with Crippen LogP contribution in [-0.2, 0) is 4.74 Å². The van der Waals surface area contributed by atoms with Crippen LogP contribution in [0.5, 0.6) is 11.5 Å². The lowest BCUT2D eigenvalue weighted by Crippen LogP contribution is -2.09. The van der Waals surface area contributed by atoms with Crippen LogP contribution in [0.4, 0.5) is 0 Å². The van der Waals surface area contributed by atoms with Crippen LogP contribution in [0.3, 0.4) is 0 Å². The van der Waals surface area contributed by atoms with E-state index in [0.29, 0.717) is 19.0 Å². The van der Waals surface area contributed by atoms with Gasteiger partial charge in [0, 0.05) is 0 Å². The number of hydrogen-bond donors (Lipinski definition) is 0. The predicted molar refractivity (Wildman–Crippen MR) is 75.9 cm³/mol. The van der Waals surface area contributed by atoms with Crippen molar-refractivity contribution < 1.29 is 19.4 Å². The van der Waals surface area contributed by atoms with Gasteiger partial charge in [-0.3, -0.25) is 4.84 Å². The number of hydrogen-bond acceptors (Lipinski definition) is 5. The second kappa shape index (κ2) is 5.73. The van der Waals surface area contributed by atoms with E-state index in [-0.39, 0.29) is 11.9 Å². The van der Waals surface area contributed by atoms with Gasteiger partial charge in [-0.1, -0.05) is 6.08 Å². The number of benzene rings is 1. The van der Waals surface area contributed by atoms with Crippen molar-refractivity contribution in [3.05, 3.63) is 39.4 Å². The lowest BCUT2D eigenvalue weighted by molar-refractivity contribution is -0.711. The normalized spacial score (nSPS) is 18.0. The van der Waals surface area contributed by atoms with Crippen LogP contribution in [0.2, 0.25) is 0 Å². The Balaban J connectivity index is 1.96. The summed E-state index contributed by atoms with van der Waals surface area (Å²) < 4.78 is 11.1. The van der Waals surface area contributed by atoms with Gasteiger partial charge in [-0.25, -0.2) is 0 Å². The summed E-state index contributed by atoms with van der Waals surface area (Å²) in [5, 5.41) is 9.82. The molecule has 0 amide bonds. The quantitative estimate of drug-likeness (QED) is 0.616. The molecule has 1 aromatic carbocycles. The standard InChI is InChI=1S/C15H17NO5/c1-10-8-15(21-16(17)18)14(20-12-2-3-12)9-13(10)11-4-6-19-7-5-11/h4,8-9,12H,2-3,5-7H2,1H3. The van der Waals surface area contributed by atoms with Crippen molar-refractivity contribution in [2.45, 2.75) is 32.3 Å². The molecular weight excluding hydrogens is 274 g/mol. The molecule has 0 unspecified atom stereocenters. The van der Waals surface area contributed by atoms with Crippen LogP contribution < -0.4 is 9.57 Å². The first-order valence-corrected chi connectivity index (χ1v) is 7.04. The molecule has 1 fully saturated rings. The molecule has 0 N–H and O–H groups in total. The molecule has 0 radical (unpaired) electrons. The summed E-state index contributed by atoms with van der Waals surface area (Å²) >= 11 is 0. The molecule has 1 aliphatic carbocycles. The van der Waals surface area contributed by atoms with Gasteiger partial charge in [0.2, 0.25) is 0 Å². The fourth-order valence-electron chi connectivity index (χ4n) is 2.39. The van der Waals surface area contributed by atoms with Crippen LogP contribution >= 0.6 is 0 Å². The monoisotopic (exact) mass is 291 g/mol. The van der Waals surface area contributed by atoms with Gasteiger partial charge < -0.3 is 9.47 Å². The van der Waals surface area contributed by atoms with E-state index in [1.165, 1.54) is 5.57 Å². The minimum Gasteiger partial charge on any atom is -0.488 e. The lowest BCUT2D eigenvalue weighted by Gasteiger charge is -2.18. The Morgan fingerprint density at radius 2 is 2.14 bits per heavy atom. The molecule has 1 heterocycles. The Labute approximate surface area is 122 Å². The van der Waals surface area contributed by atoms with Crippen LogP contribution in [-0.4, -0.2) is 24.4 Å². The van der Waals surface area contributed by atoms with Gasteiger partial charge in [0.15, 0.2) is 5.75 Å². The summed E-state index contributed by atoms with van der Waals surface area (Å²) in [5.41, 5.74) is 3.17. The highest BCUT2D eigenvalue weighted by molar-refractivity contribution is 5.71. The van der Waals surface area contributed by atoms with E-state index >= 15 is 0 Å². The molecule has 0 bridgehead atoms. The average molecular weight is 291 g/mol. The number of rotatable bonds is 5. The summed E-state index contributed by atoms with van der Waals surface area (Å²) in [6.45, 7) is 3.21. The SMILES string of the molecule is Cc1cc(O[N+](=O)[O-])c(OC2CC2)cc1C1=CCOCC1. The molecule has 21 heavy (non-hydrogen) atoms. The largest absolute Gasteiger partial charge is 0.488 e.